The van der Waals surface area contributed by atoms with Crippen LogP contribution < -0.4 is 5.73 Å². The molecule has 0 aliphatic carbocycles. The molecule has 2 heterocycles. The van der Waals surface area contributed by atoms with E-state index >= 15 is 0 Å². The van der Waals surface area contributed by atoms with Crippen LogP contribution in [-0.2, 0) is 23.1 Å². The molecule has 2 aromatic rings. The molecule has 11 nitrogen and oxygen atoms in total. The molecule has 3 N–H and O–H groups in total. The largest absolute Gasteiger partial charge is 0.472 e. The number of fused-ring (bicyclic) bond motifs is 1. The molecule has 0 amide bonds. The summed E-state index contributed by atoms with van der Waals surface area (Å²) >= 11 is 0. The average molecular weight is 389 g/mol. The molecule has 12 heteroatoms. The van der Waals surface area contributed by atoms with Gasteiger partial charge in [-0.25, -0.2) is 19.5 Å². The lowest BCUT2D eigenvalue weighted by atomic mass is 10.1. The van der Waals surface area contributed by atoms with Gasteiger partial charge in [-0.15, -0.1) is 0 Å². The monoisotopic (exact) mass is 389 g/mol. The number of phosphoric ester groups is 1. The summed E-state index contributed by atoms with van der Waals surface area (Å²) in [6, 6.07) is 0. The molecule has 3 unspecified atom stereocenters. The van der Waals surface area contributed by atoms with Gasteiger partial charge in [0.05, 0.1) is 19.0 Å². The van der Waals surface area contributed by atoms with Crippen molar-refractivity contribution in [3.63, 3.8) is 0 Å². The number of rotatable bonds is 10. The van der Waals surface area contributed by atoms with E-state index < -0.39 is 26.3 Å². The molecule has 0 bridgehead atoms. The van der Waals surface area contributed by atoms with Crippen molar-refractivity contribution in [2.24, 2.45) is 0 Å². The van der Waals surface area contributed by atoms with Gasteiger partial charge in [0.15, 0.2) is 11.5 Å². The van der Waals surface area contributed by atoms with E-state index in [1.165, 1.54) is 13.4 Å². The lowest BCUT2D eigenvalue weighted by Gasteiger charge is -2.29. The summed E-state index contributed by atoms with van der Waals surface area (Å²) in [4.78, 5) is 21.9. The molecule has 2 aromatic heterocycles. The van der Waals surface area contributed by atoms with Crippen molar-refractivity contribution < 1.29 is 28.0 Å². The molecule has 0 fully saturated rings. The molecule has 2 rings (SSSR count). The number of phosphoric acid groups is 1. The highest BCUT2D eigenvalue weighted by molar-refractivity contribution is 7.47. The predicted molar refractivity (Wildman–Crippen MR) is 93.2 cm³/mol. The third-order valence-electron chi connectivity index (χ3n) is 3.80. The Morgan fingerprint density at radius 3 is 2.65 bits per heavy atom. The molecule has 26 heavy (non-hydrogen) atoms. The van der Waals surface area contributed by atoms with Gasteiger partial charge < -0.3 is 20.1 Å². The molecule has 4 atom stereocenters. The molecule has 0 aliphatic heterocycles. The molecule has 0 saturated heterocycles. The Morgan fingerprint density at radius 1 is 1.31 bits per heavy atom. The van der Waals surface area contributed by atoms with Gasteiger partial charge >= 0.3 is 7.82 Å². The fourth-order valence-electron chi connectivity index (χ4n) is 2.49. The summed E-state index contributed by atoms with van der Waals surface area (Å²) < 4.78 is 34.2. The molecule has 0 spiro atoms. The number of hydrogen-bond acceptors (Lipinski definition) is 9. The van der Waals surface area contributed by atoms with Crippen LogP contribution >= 0.6 is 7.82 Å². The number of nitrogen functional groups attached to an aromatic ring is 1. The van der Waals surface area contributed by atoms with E-state index in [0.717, 1.165) is 7.11 Å². The third kappa shape index (κ3) is 4.76. The fraction of sp³-hybridized carbons (Fsp3) is 0.643. The molecule has 0 saturated carbocycles. The Bertz CT molecular complexity index is 771. The highest BCUT2D eigenvalue weighted by atomic mass is 31.2. The van der Waals surface area contributed by atoms with Crippen molar-refractivity contribution in [3.05, 3.63) is 12.7 Å². The summed E-state index contributed by atoms with van der Waals surface area (Å²) in [5.41, 5.74) is 6.79. The zero-order valence-corrected chi connectivity index (χ0v) is 16.0. The van der Waals surface area contributed by atoms with Crippen LogP contribution in [0.25, 0.3) is 11.2 Å². The lowest BCUT2D eigenvalue weighted by molar-refractivity contribution is -0.111. The Balaban J connectivity index is 2.20. The SMILES string of the molecule is CC[C@H](OC(C)n1cnc2c(N)ncnc21)C(COC)OP(=O)(O)OC. The maximum absolute atomic E-state index is 11.8. The van der Waals surface area contributed by atoms with Crippen LogP contribution in [0.15, 0.2) is 12.7 Å². The Hall–Kier alpha value is -1.62. The summed E-state index contributed by atoms with van der Waals surface area (Å²) in [7, 11) is -1.63. The Labute approximate surface area is 151 Å². The fourth-order valence-corrected chi connectivity index (χ4v) is 3.11. The van der Waals surface area contributed by atoms with Gasteiger partial charge in [-0.2, -0.15) is 0 Å². The van der Waals surface area contributed by atoms with Gasteiger partial charge in [-0.05, 0) is 13.3 Å². The number of nitrogens with zero attached hydrogens (tertiary/aromatic N) is 4. The van der Waals surface area contributed by atoms with Crippen molar-refractivity contribution in [3.8, 4) is 0 Å². The number of aromatic nitrogens is 4. The first-order chi connectivity index (χ1) is 12.3. The van der Waals surface area contributed by atoms with Gasteiger partial charge in [-0.1, -0.05) is 6.92 Å². The number of imidazole rings is 1. The van der Waals surface area contributed by atoms with Crippen molar-refractivity contribution in [2.45, 2.75) is 38.7 Å². The normalized spacial score (nSPS) is 17.7. The van der Waals surface area contributed by atoms with Crippen LogP contribution in [0.1, 0.15) is 26.5 Å². The lowest BCUT2D eigenvalue weighted by Crippen LogP contribution is -2.36. The van der Waals surface area contributed by atoms with Crippen LogP contribution in [0.5, 0.6) is 0 Å². The van der Waals surface area contributed by atoms with Crippen LogP contribution in [0.2, 0.25) is 0 Å². The summed E-state index contributed by atoms with van der Waals surface area (Å²) in [6.07, 6.45) is 1.55. The number of hydrogen-bond donors (Lipinski definition) is 2. The first-order valence-electron chi connectivity index (χ1n) is 7.97. The zero-order chi connectivity index (χ0) is 19.3. The van der Waals surface area contributed by atoms with Crippen LogP contribution in [0.3, 0.4) is 0 Å². The summed E-state index contributed by atoms with van der Waals surface area (Å²) in [6.45, 7) is 3.71. The maximum Gasteiger partial charge on any atom is 0.472 e. The third-order valence-corrected chi connectivity index (χ3v) is 4.80. The Morgan fingerprint density at radius 2 is 2.04 bits per heavy atom. The standard InChI is InChI=1S/C14H24N5O6P/c1-5-10(11(6-22-3)25-26(20,21)23-4)24-9(2)19-8-18-12-13(15)16-7-17-14(12)19/h7-11H,5-6H2,1-4H3,(H,20,21)(H2,15,16,17)/t9?,10-,11?/m0/s1. The molecule has 0 radical (unpaired) electrons. The van der Waals surface area contributed by atoms with Gasteiger partial charge in [0, 0.05) is 14.2 Å². The smallest absolute Gasteiger partial charge is 0.382 e. The van der Waals surface area contributed by atoms with E-state index in [4.69, 9.17) is 19.7 Å². The molecule has 0 aromatic carbocycles. The quantitative estimate of drug-likeness (QED) is 0.574. The maximum atomic E-state index is 11.8. The predicted octanol–water partition coefficient (Wildman–Crippen LogP) is 1.50. The second-order valence-electron chi connectivity index (χ2n) is 5.52. The van der Waals surface area contributed by atoms with E-state index in [9.17, 15) is 9.46 Å². The van der Waals surface area contributed by atoms with Gasteiger partial charge in [-0.3, -0.25) is 13.6 Å². The average Bonchev–Trinajstić information content (AvgIpc) is 3.04. The van der Waals surface area contributed by atoms with Gasteiger partial charge in [0.2, 0.25) is 0 Å². The van der Waals surface area contributed by atoms with E-state index in [2.05, 4.69) is 19.5 Å². The van der Waals surface area contributed by atoms with E-state index in [-0.39, 0.29) is 12.4 Å². The highest BCUT2D eigenvalue weighted by Gasteiger charge is 2.32. The minimum Gasteiger partial charge on any atom is -0.382 e. The minimum absolute atomic E-state index is 0.0545. The number of nitrogens with two attached hydrogens (primary N) is 1. The topological polar surface area (TPSA) is 144 Å². The first-order valence-corrected chi connectivity index (χ1v) is 9.46. The van der Waals surface area contributed by atoms with Crippen molar-refractivity contribution in [1.29, 1.82) is 0 Å². The van der Waals surface area contributed by atoms with Crippen molar-refractivity contribution in [2.75, 3.05) is 26.6 Å². The van der Waals surface area contributed by atoms with Crippen LogP contribution in [0, 0.1) is 0 Å². The second kappa shape index (κ2) is 8.85. The molecular formula is C14H24N5O6P. The zero-order valence-electron chi connectivity index (χ0n) is 15.1. The van der Waals surface area contributed by atoms with Gasteiger partial charge in [0.1, 0.15) is 24.2 Å². The molecular weight excluding hydrogens is 365 g/mol. The highest BCUT2D eigenvalue weighted by Crippen LogP contribution is 2.44. The number of ether oxygens (including phenoxy) is 2. The number of anilines is 1. The first kappa shape index (κ1) is 20.7. The van der Waals surface area contributed by atoms with Crippen molar-refractivity contribution >= 4 is 24.8 Å². The van der Waals surface area contributed by atoms with Crippen molar-refractivity contribution in [1.82, 2.24) is 19.5 Å². The van der Waals surface area contributed by atoms with Gasteiger partial charge in [0.25, 0.3) is 0 Å². The minimum atomic E-state index is -4.19. The summed E-state index contributed by atoms with van der Waals surface area (Å²) in [5.74, 6) is 0.273. The van der Waals surface area contributed by atoms with E-state index in [0.29, 0.717) is 17.6 Å². The number of methoxy groups -OCH3 is 1. The van der Waals surface area contributed by atoms with E-state index in [1.807, 2.05) is 6.92 Å². The van der Waals surface area contributed by atoms with Crippen LogP contribution in [0.4, 0.5) is 5.82 Å². The van der Waals surface area contributed by atoms with E-state index in [1.54, 1.807) is 17.8 Å². The second-order valence-corrected chi connectivity index (χ2v) is 7.03. The van der Waals surface area contributed by atoms with Crippen LogP contribution in [-0.4, -0.2) is 57.4 Å². The Kier molecular flexibility index (Phi) is 7.04. The molecule has 146 valence electrons. The molecule has 0 aliphatic rings. The summed E-state index contributed by atoms with van der Waals surface area (Å²) in [5, 5.41) is 0.